The molecule has 0 aliphatic carbocycles. The standard InChI is InChI=1S/C18H26N2S2.2ClH/c1-3-20(4-2)11-5-9-19-10-6-18(16-7-12-21-14-16)17-8-13-22-15-17;;/h6-8,12-15,19H,3-5,9-11H2,1-2H3;2*1H. The molecule has 0 saturated heterocycles. The van der Waals surface area contributed by atoms with Gasteiger partial charge in [-0.3, -0.25) is 0 Å². The predicted molar refractivity (Wildman–Crippen MR) is 98.9 cm³/mol. The van der Waals surface area contributed by atoms with E-state index in [1.165, 1.54) is 49.3 Å². The first-order valence-corrected chi connectivity index (χ1v) is 10.1. The topological polar surface area (TPSA) is 21.1 Å². The summed E-state index contributed by atoms with van der Waals surface area (Å²) in [5.41, 5.74) is 4.09. The molecule has 2 rings (SSSR count). The van der Waals surface area contributed by atoms with Gasteiger partial charge in [0.15, 0.2) is 0 Å². The number of halogens is 2. The van der Waals surface area contributed by atoms with Gasteiger partial charge in [-0.05, 0) is 70.3 Å². The van der Waals surface area contributed by atoms with Crippen LogP contribution in [-0.2, 0) is 0 Å². The van der Waals surface area contributed by atoms with Gasteiger partial charge in [0.05, 0.1) is 32.7 Å². The van der Waals surface area contributed by atoms with Crippen molar-refractivity contribution in [3.63, 3.8) is 0 Å². The molecule has 136 valence electrons. The molecule has 0 saturated carbocycles. The third-order valence-electron chi connectivity index (χ3n) is 4.09. The Morgan fingerprint density at radius 3 is 2.08 bits per heavy atom. The Kier molecular flexibility index (Phi) is 13.7. The molecular weight excluding hydrogens is 379 g/mol. The lowest BCUT2D eigenvalue weighted by Crippen LogP contribution is -3.11. The molecule has 0 radical (unpaired) electrons. The minimum absolute atomic E-state index is 0. The molecule has 2 aromatic heterocycles. The van der Waals surface area contributed by atoms with E-state index >= 15 is 0 Å². The van der Waals surface area contributed by atoms with Gasteiger partial charge in [0.2, 0.25) is 0 Å². The maximum absolute atomic E-state index is 2.43. The van der Waals surface area contributed by atoms with Gasteiger partial charge in [-0.2, -0.15) is 22.7 Å². The molecule has 2 aromatic rings. The van der Waals surface area contributed by atoms with E-state index in [2.05, 4.69) is 58.9 Å². The van der Waals surface area contributed by atoms with Crippen molar-refractivity contribution in [2.45, 2.75) is 20.3 Å². The van der Waals surface area contributed by atoms with Crippen LogP contribution in [0.4, 0.5) is 0 Å². The number of hydrogen-bond donors (Lipinski definition) is 2. The highest BCUT2D eigenvalue weighted by atomic mass is 35.5. The summed E-state index contributed by atoms with van der Waals surface area (Å²) in [5.74, 6) is 0. The second-order valence-electron chi connectivity index (χ2n) is 5.52. The third-order valence-corrected chi connectivity index (χ3v) is 5.46. The van der Waals surface area contributed by atoms with Gasteiger partial charge in [0.1, 0.15) is 0 Å². The zero-order valence-electron chi connectivity index (χ0n) is 14.4. The summed E-state index contributed by atoms with van der Waals surface area (Å²) in [6, 6.07) is 4.44. The molecule has 3 N–H and O–H groups in total. The first-order valence-electron chi connectivity index (χ1n) is 8.25. The highest BCUT2D eigenvalue weighted by molar-refractivity contribution is 7.08. The van der Waals surface area contributed by atoms with Crippen LogP contribution in [0, 0.1) is 0 Å². The molecule has 0 aromatic carbocycles. The van der Waals surface area contributed by atoms with Gasteiger partial charge < -0.3 is 35.0 Å². The summed E-state index contributed by atoms with van der Waals surface area (Å²) in [7, 11) is 0. The summed E-state index contributed by atoms with van der Waals surface area (Å²) >= 11 is 3.54. The molecule has 0 bridgehead atoms. The molecule has 0 aliphatic heterocycles. The fraction of sp³-hybridized carbons (Fsp3) is 0.444. The first kappa shape index (κ1) is 23.6. The van der Waals surface area contributed by atoms with E-state index in [1.54, 1.807) is 27.6 Å². The molecular formula is C18H28Cl2N2S2. The SMILES string of the molecule is CC[NH+](CC)CCC[NH2+]CC=C(c1ccsc1)c1ccsc1.[Cl-].[Cl-]. The zero-order valence-corrected chi connectivity index (χ0v) is 17.6. The average molecular weight is 407 g/mol. The van der Waals surface area contributed by atoms with Crippen molar-refractivity contribution in [2.75, 3.05) is 32.7 Å². The monoisotopic (exact) mass is 406 g/mol. The average Bonchev–Trinajstić information content (AvgIpc) is 3.23. The molecule has 6 heteroatoms. The fourth-order valence-corrected chi connectivity index (χ4v) is 3.97. The summed E-state index contributed by atoms with van der Waals surface area (Å²) < 4.78 is 0. The maximum Gasteiger partial charge on any atom is 0.0951 e. The molecule has 0 amide bonds. The number of nitrogens with one attached hydrogen (secondary N) is 1. The van der Waals surface area contributed by atoms with Crippen molar-refractivity contribution in [3.8, 4) is 0 Å². The lowest BCUT2D eigenvalue weighted by Gasteiger charge is -2.14. The van der Waals surface area contributed by atoms with Crippen molar-refractivity contribution in [3.05, 3.63) is 50.9 Å². The normalized spacial score (nSPS) is 10.1. The van der Waals surface area contributed by atoms with E-state index in [-0.39, 0.29) is 24.8 Å². The molecule has 0 aliphatic rings. The van der Waals surface area contributed by atoms with Crippen LogP contribution in [0.2, 0.25) is 0 Å². The summed E-state index contributed by atoms with van der Waals surface area (Å²) in [4.78, 5) is 1.71. The summed E-state index contributed by atoms with van der Waals surface area (Å²) in [6.07, 6.45) is 3.69. The van der Waals surface area contributed by atoms with Gasteiger partial charge >= 0.3 is 0 Å². The zero-order chi connectivity index (χ0) is 15.6. The van der Waals surface area contributed by atoms with Crippen molar-refractivity contribution in [1.29, 1.82) is 0 Å². The van der Waals surface area contributed by atoms with Gasteiger partial charge in [-0.1, -0.05) is 0 Å². The van der Waals surface area contributed by atoms with Crippen LogP contribution in [0.15, 0.2) is 39.7 Å². The van der Waals surface area contributed by atoms with Crippen LogP contribution in [0.25, 0.3) is 5.57 Å². The van der Waals surface area contributed by atoms with Crippen molar-refractivity contribution in [2.24, 2.45) is 0 Å². The number of rotatable bonds is 10. The Balaban J connectivity index is 0.00000264. The highest BCUT2D eigenvalue weighted by Crippen LogP contribution is 2.26. The van der Waals surface area contributed by atoms with Crippen LogP contribution < -0.4 is 35.0 Å². The van der Waals surface area contributed by atoms with Gasteiger partial charge in [-0.25, -0.2) is 0 Å². The molecule has 24 heavy (non-hydrogen) atoms. The van der Waals surface area contributed by atoms with E-state index in [1.807, 2.05) is 0 Å². The van der Waals surface area contributed by atoms with Gasteiger partial charge in [-0.15, -0.1) is 0 Å². The Hall–Kier alpha value is -0.360. The first-order chi connectivity index (χ1) is 10.8. The van der Waals surface area contributed by atoms with Crippen LogP contribution in [0.3, 0.4) is 0 Å². The minimum Gasteiger partial charge on any atom is -1.00 e. The fourth-order valence-electron chi connectivity index (χ4n) is 2.66. The number of quaternary nitrogens is 2. The van der Waals surface area contributed by atoms with Crippen LogP contribution in [0.5, 0.6) is 0 Å². The van der Waals surface area contributed by atoms with E-state index in [9.17, 15) is 0 Å². The van der Waals surface area contributed by atoms with Crippen molar-refractivity contribution < 1.29 is 35.0 Å². The van der Waals surface area contributed by atoms with E-state index < -0.39 is 0 Å². The quantitative estimate of drug-likeness (QED) is 0.376. The van der Waals surface area contributed by atoms with E-state index in [0.717, 1.165) is 6.54 Å². The Labute approximate surface area is 166 Å². The number of hydrogen-bond acceptors (Lipinski definition) is 2. The largest absolute Gasteiger partial charge is 1.00 e. The Bertz CT molecular complexity index is 499. The lowest BCUT2D eigenvalue weighted by atomic mass is 10.0. The maximum atomic E-state index is 2.43. The summed E-state index contributed by atoms with van der Waals surface area (Å²) in [5, 5.41) is 11.2. The van der Waals surface area contributed by atoms with E-state index in [0.29, 0.717) is 0 Å². The smallest absolute Gasteiger partial charge is 0.0951 e. The Morgan fingerprint density at radius 1 is 1.04 bits per heavy atom. The summed E-state index contributed by atoms with van der Waals surface area (Å²) in [6.45, 7) is 10.6. The molecule has 0 spiro atoms. The molecule has 2 nitrogen and oxygen atoms in total. The van der Waals surface area contributed by atoms with Gasteiger partial charge in [0.25, 0.3) is 0 Å². The molecule has 0 atom stereocenters. The highest BCUT2D eigenvalue weighted by Gasteiger charge is 2.06. The van der Waals surface area contributed by atoms with E-state index in [4.69, 9.17) is 0 Å². The van der Waals surface area contributed by atoms with Crippen molar-refractivity contribution >= 4 is 28.2 Å². The molecule has 0 fully saturated rings. The second kappa shape index (κ2) is 13.9. The molecule has 0 unspecified atom stereocenters. The van der Waals surface area contributed by atoms with Crippen molar-refractivity contribution in [1.82, 2.24) is 0 Å². The predicted octanol–water partition coefficient (Wildman–Crippen LogP) is -3.87. The van der Waals surface area contributed by atoms with Crippen LogP contribution in [0.1, 0.15) is 31.4 Å². The van der Waals surface area contributed by atoms with Gasteiger partial charge in [0, 0.05) is 6.42 Å². The Morgan fingerprint density at radius 2 is 1.62 bits per heavy atom. The second-order valence-corrected chi connectivity index (χ2v) is 7.08. The minimum atomic E-state index is 0. The lowest BCUT2D eigenvalue weighted by molar-refractivity contribution is -0.898. The third kappa shape index (κ3) is 7.68. The number of nitrogens with two attached hydrogens (primary N) is 1. The van der Waals surface area contributed by atoms with Crippen LogP contribution in [-0.4, -0.2) is 32.7 Å². The molecule has 2 heterocycles. The number of thiophene rings is 2. The van der Waals surface area contributed by atoms with Crippen LogP contribution >= 0.6 is 22.7 Å².